The van der Waals surface area contributed by atoms with Crippen molar-refractivity contribution >= 4 is 17.5 Å². The Morgan fingerprint density at radius 2 is 1.82 bits per heavy atom. The molecule has 2 amide bonds. The number of amides is 2. The van der Waals surface area contributed by atoms with Gasteiger partial charge in [0.15, 0.2) is 0 Å². The number of hydrogen-bond acceptors (Lipinski definition) is 4. The minimum Gasteiger partial charge on any atom is -0.497 e. The van der Waals surface area contributed by atoms with E-state index in [0.717, 1.165) is 16.9 Å². The summed E-state index contributed by atoms with van der Waals surface area (Å²) in [6.45, 7) is 2.48. The molecule has 0 bridgehead atoms. The van der Waals surface area contributed by atoms with Gasteiger partial charge in [0.1, 0.15) is 11.5 Å². The molecule has 1 saturated carbocycles. The molecular formula is C22H26N2O4. The number of benzene rings is 2. The fourth-order valence-electron chi connectivity index (χ4n) is 3.21. The Labute approximate surface area is 165 Å². The van der Waals surface area contributed by atoms with Crippen molar-refractivity contribution in [3.63, 3.8) is 0 Å². The molecule has 0 radical (unpaired) electrons. The highest BCUT2D eigenvalue weighted by Crippen LogP contribution is 2.40. The van der Waals surface area contributed by atoms with Crippen molar-refractivity contribution in [3.05, 3.63) is 53.6 Å². The summed E-state index contributed by atoms with van der Waals surface area (Å²) in [5.41, 5.74) is 2.76. The molecular weight excluding hydrogens is 356 g/mol. The second-order valence-electron chi connectivity index (χ2n) is 7.03. The molecule has 2 unspecified atom stereocenters. The maximum absolute atomic E-state index is 12.5. The van der Waals surface area contributed by atoms with Gasteiger partial charge in [0.25, 0.3) is 0 Å². The number of anilines is 1. The van der Waals surface area contributed by atoms with Crippen LogP contribution in [0.5, 0.6) is 11.5 Å². The predicted molar refractivity (Wildman–Crippen MR) is 108 cm³/mol. The van der Waals surface area contributed by atoms with Crippen molar-refractivity contribution < 1.29 is 19.1 Å². The van der Waals surface area contributed by atoms with Crippen LogP contribution in [0.15, 0.2) is 42.5 Å². The molecule has 0 aromatic heterocycles. The number of rotatable bonds is 8. The van der Waals surface area contributed by atoms with Crippen LogP contribution in [-0.2, 0) is 16.0 Å². The molecule has 0 heterocycles. The third-order valence-electron chi connectivity index (χ3n) is 4.92. The fourth-order valence-corrected chi connectivity index (χ4v) is 3.21. The lowest BCUT2D eigenvalue weighted by Crippen LogP contribution is -2.29. The van der Waals surface area contributed by atoms with Gasteiger partial charge in [-0.2, -0.15) is 0 Å². The van der Waals surface area contributed by atoms with E-state index in [9.17, 15) is 9.59 Å². The molecule has 1 aliphatic rings. The van der Waals surface area contributed by atoms with E-state index in [4.69, 9.17) is 9.47 Å². The van der Waals surface area contributed by atoms with Crippen LogP contribution in [0.4, 0.5) is 5.69 Å². The summed E-state index contributed by atoms with van der Waals surface area (Å²) in [5, 5.41) is 5.81. The molecule has 1 fully saturated rings. The second kappa shape index (κ2) is 8.78. The lowest BCUT2D eigenvalue weighted by molar-refractivity contribution is -0.125. The molecule has 0 spiro atoms. The smallest absolute Gasteiger partial charge is 0.228 e. The molecule has 2 atom stereocenters. The van der Waals surface area contributed by atoms with E-state index in [2.05, 4.69) is 10.6 Å². The Hall–Kier alpha value is -3.02. The Kier molecular flexibility index (Phi) is 6.19. The summed E-state index contributed by atoms with van der Waals surface area (Å²) >= 11 is 0. The normalized spacial score (nSPS) is 17.5. The summed E-state index contributed by atoms with van der Waals surface area (Å²) in [6.07, 6.45) is 1.29. The van der Waals surface area contributed by atoms with Crippen LogP contribution in [0.25, 0.3) is 0 Å². The summed E-state index contributed by atoms with van der Waals surface area (Å²) in [7, 11) is 3.20. The van der Waals surface area contributed by atoms with Gasteiger partial charge < -0.3 is 20.1 Å². The van der Waals surface area contributed by atoms with Gasteiger partial charge in [0.05, 0.1) is 31.7 Å². The minimum absolute atomic E-state index is 0.0701. The minimum atomic E-state index is -0.290. The van der Waals surface area contributed by atoms with Crippen molar-refractivity contribution in [2.75, 3.05) is 26.1 Å². The lowest BCUT2D eigenvalue weighted by Gasteiger charge is -2.11. The molecule has 148 valence electrons. The Balaban J connectivity index is 1.47. The summed E-state index contributed by atoms with van der Waals surface area (Å²) < 4.78 is 10.5. The van der Waals surface area contributed by atoms with Gasteiger partial charge in [-0.1, -0.05) is 18.2 Å². The van der Waals surface area contributed by atoms with Crippen LogP contribution in [0.2, 0.25) is 0 Å². The van der Waals surface area contributed by atoms with E-state index in [-0.39, 0.29) is 23.7 Å². The first kappa shape index (κ1) is 19.7. The van der Waals surface area contributed by atoms with E-state index in [1.54, 1.807) is 14.2 Å². The van der Waals surface area contributed by atoms with E-state index in [1.165, 1.54) is 0 Å². The molecule has 6 nitrogen and oxygen atoms in total. The van der Waals surface area contributed by atoms with Gasteiger partial charge in [-0.15, -0.1) is 0 Å². The first-order valence-electron chi connectivity index (χ1n) is 9.38. The zero-order chi connectivity index (χ0) is 20.1. The number of carbonyl (C=O) groups is 2. The van der Waals surface area contributed by atoms with Crippen molar-refractivity contribution in [1.82, 2.24) is 5.32 Å². The molecule has 3 rings (SSSR count). The molecule has 2 aromatic rings. The maximum atomic E-state index is 12.5. The number of carbonyl (C=O) groups excluding carboxylic acids is 2. The average Bonchev–Trinajstić information content (AvgIpc) is 3.49. The van der Waals surface area contributed by atoms with Gasteiger partial charge in [-0.25, -0.2) is 0 Å². The third-order valence-corrected chi connectivity index (χ3v) is 4.92. The Bertz CT molecular complexity index is 865. The topological polar surface area (TPSA) is 76.7 Å². The number of nitrogens with one attached hydrogen (secondary N) is 2. The SMILES string of the molecule is COc1cccc(CCNC(=O)C2CC2C(=O)Nc2cc(C)ccc2OC)c1. The van der Waals surface area contributed by atoms with Crippen molar-refractivity contribution in [2.45, 2.75) is 19.8 Å². The highest BCUT2D eigenvalue weighted by Gasteiger charge is 2.48. The van der Waals surface area contributed by atoms with Gasteiger partial charge in [-0.05, 0) is 55.2 Å². The largest absolute Gasteiger partial charge is 0.497 e. The van der Waals surface area contributed by atoms with Gasteiger partial charge >= 0.3 is 0 Å². The molecule has 0 aliphatic heterocycles. The number of ether oxygens (including phenoxy) is 2. The van der Waals surface area contributed by atoms with Gasteiger partial charge in [0, 0.05) is 6.54 Å². The lowest BCUT2D eigenvalue weighted by atomic mass is 10.1. The zero-order valence-electron chi connectivity index (χ0n) is 16.5. The number of hydrogen-bond donors (Lipinski definition) is 2. The molecule has 2 N–H and O–H groups in total. The van der Waals surface area contributed by atoms with Crippen LogP contribution < -0.4 is 20.1 Å². The van der Waals surface area contributed by atoms with E-state index < -0.39 is 0 Å². The average molecular weight is 382 g/mol. The highest BCUT2D eigenvalue weighted by molar-refractivity contribution is 6.00. The summed E-state index contributed by atoms with van der Waals surface area (Å²) in [6, 6.07) is 13.4. The summed E-state index contributed by atoms with van der Waals surface area (Å²) in [5.74, 6) is 0.646. The maximum Gasteiger partial charge on any atom is 0.228 e. The first-order chi connectivity index (χ1) is 13.5. The van der Waals surface area contributed by atoms with Crippen LogP contribution in [0.3, 0.4) is 0 Å². The van der Waals surface area contributed by atoms with Gasteiger partial charge in [-0.3, -0.25) is 9.59 Å². The van der Waals surface area contributed by atoms with E-state index in [1.807, 2.05) is 49.4 Å². The monoisotopic (exact) mass is 382 g/mol. The van der Waals surface area contributed by atoms with E-state index in [0.29, 0.717) is 30.8 Å². The second-order valence-corrected chi connectivity index (χ2v) is 7.03. The quantitative estimate of drug-likeness (QED) is 0.736. The molecule has 28 heavy (non-hydrogen) atoms. The molecule has 6 heteroatoms. The Morgan fingerprint density at radius 1 is 1.04 bits per heavy atom. The zero-order valence-corrected chi connectivity index (χ0v) is 16.5. The van der Waals surface area contributed by atoms with Crippen LogP contribution in [0.1, 0.15) is 17.5 Å². The molecule has 0 saturated heterocycles. The standard InChI is InChI=1S/C22H26N2O4/c1-14-7-8-20(28-3)19(11-14)24-22(26)18-13-17(18)21(25)23-10-9-15-5-4-6-16(12-15)27-2/h4-8,11-12,17-18H,9-10,13H2,1-3H3,(H,23,25)(H,24,26). The van der Waals surface area contributed by atoms with Crippen LogP contribution in [-0.4, -0.2) is 32.6 Å². The van der Waals surface area contributed by atoms with Crippen molar-refractivity contribution in [3.8, 4) is 11.5 Å². The number of methoxy groups -OCH3 is 2. The van der Waals surface area contributed by atoms with E-state index >= 15 is 0 Å². The van der Waals surface area contributed by atoms with Crippen LogP contribution in [0, 0.1) is 18.8 Å². The molecule has 1 aliphatic carbocycles. The first-order valence-corrected chi connectivity index (χ1v) is 9.38. The fraction of sp³-hybridized carbons (Fsp3) is 0.364. The third kappa shape index (κ3) is 4.82. The Morgan fingerprint density at radius 3 is 2.57 bits per heavy atom. The van der Waals surface area contributed by atoms with Crippen molar-refractivity contribution in [1.29, 1.82) is 0 Å². The molecule has 2 aromatic carbocycles. The predicted octanol–water partition coefficient (Wildman–Crippen LogP) is 2.95. The number of aryl methyl sites for hydroxylation is 1. The highest BCUT2D eigenvalue weighted by atomic mass is 16.5. The summed E-state index contributed by atoms with van der Waals surface area (Å²) in [4.78, 5) is 24.8. The van der Waals surface area contributed by atoms with Gasteiger partial charge in [0.2, 0.25) is 11.8 Å². The van der Waals surface area contributed by atoms with Crippen molar-refractivity contribution in [2.24, 2.45) is 11.8 Å². The van der Waals surface area contributed by atoms with Crippen LogP contribution >= 0.6 is 0 Å².